The minimum Gasteiger partial charge on any atom is -0.437 e. The van der Waals surface area contributed by atoms with Gasteiger partial charge in [-0.05, 0) is 36.4 Å². The Morgan fingerprint density at radius 1 is 1.19 bits per heavy atom. The molecule has 0 aliphatic carbocycles. The molecule has 1 saturated heterocycles. The molecule has 0 saturated carbocycles. The van der Waals surface area contributed by atoms with Crippen molar-refractivity contribution >= 4 is 18.5 Å². The molecule has 0 spiro atoms. The Hall–Kier alpha value is -2.89. The quantitative estimate of drug-likeness (QED) is 0.608. The van der Waals surface area contributed by atoms with Crippen LogP contribution in [0, 0.1) is 11.8 Å². The van der Waals surface area contributed by atoms with Gasteiger partial charge in [-0.15, -0.1) is 0 Å². The van der Waals surface area contributed by atoms with E-state index in [0.29, 0.717) is 29.9 Å². The van der Waals surface area contributed by atoms with Gasteiger partial charge >= 0.3 is 7.12 Å². The maximum atomic E-state index is 11.7. The summed E-state index contributed by atoms with van der Waals surface area (Å²) in [6.45, 7) is 1.14. The van der Waals surface area contributed by atoms with Gasteiger partial charge in [0.25, 0.3) is 0 Å². The first kappa shape index (κ1) is 17.9. The molecule has 2 heterocycles. The molecule has 2 aromatic rings. The van der Waals surface area contributed by atoms with Crippen LogP contribution in [0.15, 0.2) is 36.7 Å². The van der Waals surface area contributed by atoms with Crippen LogP contribution in [0.5, 0.6) is 11.6 Å². The van der Waals surface area contributed by atoms with Gasteiger partial charge in [0.05, 0.1) is 18.9 Å². The predicted molar refractivity (Wildman–Crippen MR) is 95.7 cm³/mol. The molecule has 0 atom stereocenters. The summed E-state index contributed by atoms with van der Waals surface area (Å²) in [6, 6.07) is 6.31. The molecule has 7 nitrogen and oxygen atoms in total. The van der Waals surface area contributed by atoms with E-state index in [4.69, 9.17) is 14.8 Å². The molecule has 1 aromatic heterocycles. The molecular weight excluding hydrogens is 333 g/mol. The number of rotatable bonds is 4. The number of benzene rings is 1. The normalized spacial score (nSPS) is 13.8. The lowest BCUT2D eigenvalue weighted by molar-refractivity contribution is -0.132. The van der Waals surface area contributed by atoms with Crippen molar-refractivity contribution in [2.24, 2.45) is 0 Å². The molecule has 1 aromatic carbocycles. The fourth-order valence-electron chi connectivity index (χ4n) is 2.54. The number of nitrogens with zero attached hydrogens (tertiary/aromatic N) is 3. The lowest BCUT2D eigenvalue weighted by Gasteiger charge is -2.24. The van der Waals surface area contributed by atoms with E-state index >= 15 is 0 Å². The van der Waals surface area contributed by atoms with Gasteiger partial charge in [0.2, 0.25) is 11.8 Å². The summed E-state index contributed by atoms with van der Waals surface area (Å²) in [5.74, 6) is 6.77. The van der Waals surface area contributed by atoms with Crippen LogP contribution >= 0.6 is 0 Å². The Bertz CT molecular complexity index is 830. The highest BCUT2D eigenvalue weighted by Crippen LogP contribution is 2.17. The van der Waals surface area contributed by atoms with Crippen LogP contribution in [0.3, 0.4) is 0 Å². The van der Waals surface area contributed by atoms with E-state index in [-0.39, 0.29) is 11.8 Å². The van der Waals surface area contributed by atoms with Crippen molar-refractivity contribution in [3.05, 3.63) is 42.4 Å². The van der Waals surface area contributed by atoms with Crippen molar-refractivity contribution in [2.45, 2.75) is 19.3 Å². The number of carbonyl (C=O) groups is 1. The maximum Gasteiger partial charge on any atom is 0.488 e. The number of ether oxygens (including phenoxy) is 1. The van der Waals surface area contributed by atoms with Crippen LogP contribution in [0.25, 0.3) is 0 Å². The zero-order valence-corrected chi connectivity index (χ0v) is 14.1. The van der Waals surface area contributed by atoms with Crippen LogP contribution in [-0.4, -0.2) is 51.0 Å². The molecule has 1 aliphatic heterocycles. The first-order valence-electron chi connectivity index (χ1n) is 8.34. The summed E-state index contributed by atoms with van der Waals surface area (Å²) >= 11 is 0. The zero-order valence-electron chi connectivity index (χ0n) is 14.1. The number of piperidine rings is 1. The average Bonchev–Trinajstić information content (AvgIpc) is 2.64. The summed E-state index contributed by atoms with van der Waals surface area (Å²) in [7, 11) is -1.52. The molecule has 3 rings (SSSR count). The van der Waals surface area contributed by atoms with E-state index in [0.717, 1.165) is 19.4 Å². The minimum atomic E-state index is -1.52. The average molecular weight is 351 g/mol. The number of hydrogen-bond acceptors (Lipinski definition) is 6. The van der Waals surface area contributed by atoms with Crippen LogP contribution in [0.1, 0.15) is 25.0 Å². The van der Waals surface area contributed by atoms with E-state index < -0.39 is 7.12 Å². The summed E-state index contributed by atoms with van der Waals surface area (Å²) in [5.41, 5.74) is 0.824. The zero-order chi connectivity index (χ0) is 18.4. The Morgan fingerprint density at radius 3 is 2.73 bits per heavy atom. The minimum absolute atomic E-state index is 0.144. The third-order valence-electron chi connectivity index (χ3n) is 3.92. The van der Waals surface area contributed by atoms with Crippen LogP contribution in [-0.2, 0) is 4.79 Å². The van der Waals surface area contributed by atoms with Crippen molar-refractivity contribution in [2.75, 3.05) is 13.1 Å². The number of likely N-dealkylation sites (tertiary alicyclic amines) is 1. The Balaban J connectivity index is 1.63. The maximum absolute atomic E-state index is 11.7. The molecule has 0 radical (unpaired) electrons. The van der Waals surface area contributed by atoms with Gasteiger partial charge in [-0.25, -0.2) is 4.98 Å². The van der Waals surface area contributed by atoms with Gasteiger partial charge < -0.3 is 19.7 Å². The number of aromatic nitrogens is 2. The lowest BCUT2D eigenvalue weighted by atomic mass is 9.80. The molecule has 2 N–H and O–H groups in total. The van der Waals surface area contributed by atoms with Crippen LogP contribution in [0.2, 0.25) is 0 Å². The molecule has 0 unspecified atom stereocenters. The first-order chi connectivity index (χ1) is 12.6. The van der Waals surface area contributed by atoms with Gasteiger partial charge in [0, 0.05) is 13.0 Å². The lowest BCUT2D eigenvalue weighted by Crippen LogP contribution is -2.35. The van der Waals surface area contributed by atoms with Gasteiger partial charge in [-0.1, -0.05) is 18.1 Å². The van der Waals surface area contributed by atoms with Gasteiger partial charge in [-0.3, -0.25) is 9.78 Å². The van der Waals surface area contributed by atoms with Gasteiger partial charge in [-0.2, -0.15) is 0 Å². The Kier molecular flexibility index (Phi) is 5.84. The van der Waals surface area contributed by atoms with E-state index in [1.165, 1.54) is 12.4 Å². The second-order valence-electron chi connectivity index (χ2n) is 5.86. The second-order valence-corrected chi connectivity index (χ2v) is 5.86. The first-order valence-corrected chi connectivity index (χ1v) is 8.34. The fourth-order valence-corrected chi connectivity index (χ4v) is 2.54. The number of amides is 1. The molecule has 8 heteroatoms. The molecule has 1 fully saturated rings. The van der Waals surface area contributed by atoms with E-state index in [1.54, 1.807) is 29.2 Å². The van der Waals surface area contributed by atoms with Crippen LogP contribution in [0.4, 0.5) is 0 Å². The highest BCUT2D eigenvalue weighted by Gasteiger charge is 2.16. The molecule has 1 aliphatic rings. The smallest absolute Gasteiger partial charge is 0.437 e. The van der Waals surface area contributed by atoms with Crippen molar-refractivity contribution in [3.8, 4) is 23.5 Å². The number of hydrogen-bond donors (Lipinski definition) is 2. The highest BCUT2D eigenvalue weighted by atomic mass is 16.5. The third kappa shape index (κ3) is 4.82. The van der Waals surface area contributed by atoms with E-state index in [9.17, 15) is 4.79 Å². The van der Waals surface area contributed by atoms with Gasteiger partial charge in [0.1, 0.15) is 11.4 Å². The summed E-state index contributed by atoms with van der Waals surface area (Å²) in [6.07, 6.45) is 5.56. The Morgan fingerprint density at radius 2 is 2.00 bits per heavy atom. The summed E-state index contributed by atoms with van der Waals surface area (Å²) in [5, 5.41) is 18.2. The molecule has 26 heavy (non-hydrogen) atoms. The van der Waals surface area contributed by atoms with Crippen molar-refractivity contribution in [1.82, 2.24) is 14.9 Å². The SMILES string of the molecule is O=C1CCCCN1CC#Cc1cncc(Oc2ccc(B(O)O)cc2)n1. The molecule has 1 amide bonds. The van der Waals surface area contributed by atoms with Crippen LogP contribution < -0.4 is 10.2 Å². The molecular formula is C18H18BN3O4. The highest BCUT2D eigenvalue weighted by molar-refractivity contribution is 6.58. The standard InChI is InChI=1S/C18H18BN3O4/c23-18-5-1-2-10-22(18)11-3-4-15-12-20-13-17(21-15)26-16-8-6-14(7-9-16)19(24)25/h6-9,12-13,24-25H,1-2,5,10-11H2. The van der Waals surface area contributed by atoms with E-state index in [1.807, 2.05) is 0 Å². The summed E-state index contributed by atoms with van der Waals surface area (Å²) in [4.78, 5) is 21.8. The van der Waals surface area contributed by atoms with E-state index in [2.05, 4.69) is 21.8 Å². The predicted octanol–water partition coefficient (Wildman–Crippen LogP) is 0.313. The second kappa shape index (κ2) is 8.47. The molecule has 0 bridgehead atoms. The summed E-state index contributed by atoms with van der Waals surface area (Å²) < 4.78 is 5.60. The largest absolute Gasteiger partial charge is 0.488 e. The Labute approximate surface area is 151 Å². The fraction of sp³-hybridized carbons (Fsp3) is 0.278. The molecule has 132 valence electrons. The number of carbonyl (C=O) groups excluding carboxylic acids is 1. The topological polar surface area (TPSA) is 95.8 Å². The van der Waals surface area contributed by atoms with Crippen molar-refractivity contribution < 1.29 is 19.6 Å². The van der Waals surface area contributed by atoms with Crippen molar-refractivity contribution in [3.63, 3.8) is 0 Å². The van der Waals surface area contributed by atoms with Gasteiger partial charge in [0.15, 0.2) is 0 Å². The monoisotopic (exact) mass is 351 g/mol. The van der Waals surface area contributed by atoms with Crippen molar-refractivity contribution in [1.29, 1.82) is 0 Å². The third-order valence-corrected chi connectivity index (χ3v) is 3.92.